The maximum Gasteiger partial charge on any atom is 0.227 e. The maximum absolute atomic E-state index is 5.00. The zero-order chi connectivity index (χ0) is 12.9. The summed E-state index contributed by atoms with van der Waals surface area (Å²) in [6.45, 7) is 0.808. The van der Waals surface area contributed by atoms with Crippen LogP contribution in [0.1, 0.15) is 21.7 Å². The Kier molecular flexibility index (Phi) is 4.02. The molecule has 0 aliphatic carbocycles. The molecule has 3 aromatic heterocycles. The first-order chi connectivity index (χ1) is 9.43. The number of thiophene rings is 2. The van der Waals surface area contributed by atoms with Gasteiger partial charge >= 0.3 is 0 Å². The first kappa shape index (κ1) is 12.5. The molecule has 0 aromatic carbocycles. The van der Waals surface area contributed by atoms with Gasteiger partial charge in [-0.15, -0.1) is 22.7 Å². The number of nitrogens with zero attached hydrogens (tertiary/aromatic N) is 2. The molecule has 1 N–H and O–H groups in total. The predicted molar refractivity (Wildman–Crippen MR) is 76.5 cm³/mol. The molecule has 0 bridgehead atoms. The van der Waals surface area contributed by atoms with Gasteiger partial charge in [-0.25, -0.2) is 0 Å². The van der Waals surface area contributed by atoms with Gasteiger partial charge in [0, 0.05) is 22.7 Å². The molecule has 0 fully saturated rings. The normalized spacial score (nSPS) is 11.2. The van der Waals surface area contributed by atoms with Crippen molar-refractivity contribution in [2.75, 3.05) is 6.54 Å². The van der Waals surface area contributed by atoms with Crippen LogP contribution in [-0.4, -0.2) is 16.7 Å². The molecule has 0 saturated heterocycles. The number of rotatable bonds is 6. The van der Waals surface area contributed by atoms with Crippen LogP contribution >= 0.6 is 22.7 Å². The van der Waals surface area contributed by atoms with E-state index in [0.717, 1.165) is 13.0 Å². The third kappa shape index (κ3) is 3.09. The van der Waals surface area contributed by atoms with E-state index in [-0.39, 0.29) is 6.04 Å². The van der Waals surface area contributed by atoms with Crippen LogP contribution in [0.5, 0.6) is 0 Å². The van der Waals surface area contributed by atoms with E-state index >= 15 is 0 Å². The van der Waals surface area contributed by atoms with E-state index in [4.69, 9.17) is 4.52 Å². The summed E-state index contributed by atoms with van der Waals surface area (Å²) in [4.78, 5) is 6.68. The lowest BCUT2D eigenvalue weighted by Crippen LogP contribution is -2.23. The summed E-state index contributed by atoms with van der Waals surface area (Å²) in [5.74, 6) is 0.670. The van der Waals surface area contributed by atoms with Crippen molar-refractivity contribution in [2.45, 2.75) is 12.5 Å². The molecule has 3 rings (SSSR count). The fraction of sp³-hybridized carbons (Fsp3) is 0.231. The van der Waals surface area contributed by atoms with E-state index in [1.54, 1.807) is 22.7 Å². The van der Waals surface area contributed by atoms with Crippen molar-refractivity contribution in [3.63, 3.8) is 0 Å². The van der Waals surface area contributed by atoms with Gasteiger partial charge in [-0.3, -0.25) is 0 Å². The molecule has 0 amide bonds. The third-order valence-corrected chi connectivity index (χ3v) is 4.62. The van der Waals surface area contributed by atoms with Crippen LogP contribution in [0.15, 0.2) is 45.9 Å². The van der Waals surface area contributed by atoms with E-state index in [1.807, 2.05) is 0 Å². The van der Waals surface area contributed by atoms with Gasteiger partial charge < -0.3 is 9.84 Å². The van der Waals surface area contributed by atoms with Gasteiger partial charge in [0.1, 0.15) is 0 Å². The molecule has 98 valence electrons. The zero-order valence-electron chi connectivity index (χ0n) is 10.2. The van der Waals surface area contributed by atoms with Gasteiger partial charge in [0.15, 0.2) is 6.33 Å². The molecule has 3 heterocycles. The summed E-state index contributed by atoms with van der Waals surface area (Å²) in [6.07, 6.45) is 2.18. The summed E-state index contributed by atoms with van der Waals surface area (Å²) in [6, 6.07) is 8.74. The van der Waals surface area contributed by atoms with Crippen LogP contribution in [0.3, 0.4) is 0 Å². The topological polar surface area (TPSA) is 51.0 Å². The van der Waals surface area contributed by atoms with E-state index in [9.17, 15) is 0 Å². The van der Waals surface area contributed by atoms with Gasteiger partial charge in [-0.05, 0) is 22.9 Å². The average molecular weight is 291 g/mol. The molecule has 0 unspecified atom stereocenters. The Morgan fingerprint density at radius 1 is 1.16 bits per heavy atom. The van der Waals surface area contributed by atoms with E-state index < -0.39 is 0 Å². The summed E-state index contributed by atoms with van der Waals surface area (Å²) in [5.41, 5.74) is 0. The minimum Gasteiger partial charge on any atom is -0.340 e. The van der Waals surface area contributed by atoms with E-state index in [0.29, 0.717) is 5.89 Å². The molecule has 0 saturated carbocycles. The van der Waals surface area contributed by atoms with Crippen molar-refractivity contribution in [2.24, 2.45) is 0 Å². The first-order valence-electron chi connectivity index (χ1n) is 5.99. The second-order valence-corrected chi connectivity index (χ2v) is 5.96. The zero-order valence-corrected chi connectivity index (χ0v) is 11.8. The molecule has 0 radical (unpaired) electrons. The fourth-order valence-electron chi connectivity index (χ4n) is 1.88. The van der Waals surface area contributed by atoms with Gasteiger partial charge in [0.2, 0.25) is 5.89 Å². The summed E-state index contributed by atoms with van der Waals surface area (Å²) in [5, 5.41) is 11.4. The smallest absolute Gasteiger partial charge is 0.227 e. The molecular weight excluding hydrogens is 278 g/mol. The minimum absolute atomic E-state index is 0.253. The van der Waals surface area contributed by atoms with Gasteiger partial charge in [-0.1, -0.05) is 17.3 Å². The predicted octanol–water partition coefficient (Wildman–Crippen LogP) is 3.11. The Balaban J connectivity index is 1.67. The van der Waals surface area contributed by atoms with Gasteiger partial charge in [-0.2, -0.15) is 4.98 Å². The van der Waals surface area contributed by atoms with Crippen LogP contribution < -0.4 is 5.32 Å². The molecule has 0 aliphatic heterocycles. The van der Waals surface area contributed by atoms with Crippen LogP contribution in [0, 0.1) is 0 Å². The Morgan fingerprint density at radius 3 is 2.42 bits per heavy atom. The number of hydrogen-bond donors (Lipinski definition) is 1. The SMILES string of the molecule is c1csc(C(NCCc2ncno2)c2cccs2)c1. The maximum atomic E-state index is 5.00. The first-order valence-corrected chi connectivity index (χ1v) is 7.75. The van der Waals surface area contributed by atoms with Crippen molar-refractivity contribution >= 4 is 22.7 Å². The van der Waals surface area contributed by atoms with Crippen molar-refractivity contribution in [1.29, 1.82) is 0 Å². The second kappa shape index (κ2) is 6.10. The highest BCUT2D eigenvalue weighted by atomic mass is 32.1. The minimum atomic E-state index is 0.253. The van der Waals surface area contributed by atoms with Crippen LogP contribution in [-0.2, 0) is 6.42 Å². The van der Waals surface area contributed by atoms with Crippen LogP contribution in [0.2, 0.25) is 0 Å². The molecule has 19 heavy (non-hydrogen) atoms. The summed E-state index contributed by atoms with van der Waals surface area (Å²) in [7, 11) is 0. The largest absolute Gasteiger partial charge is 0.340 e. The number of hydrogen-bond acceptors (Lipinski definition) is 6. The highest BCUT2D eigenvalue weighted by Crippen LogP contribution is 2.28. The highest BCUT2D eigenvalue weighted by molar-refractivity contribution is 7.11. The van der Waals surface area contributed by atoms with E-state index in [2.05, 4.69) is 50.5 Å². The third-order valence-electron chi connectivity index (χ3n) is 2.75. The lowest BCUT2D eigenvalue weighted by molar-refractivity contribution is 0.373. The summed E-state index contributed by atoms with van der Waals surface area (Å²) >= 11 is 3.54. The van der Waals surface area contributed by atoms with Crippen molar-refractivity contribution in [1.82, 2.24) is 15.5 Å². The van der Waals surface area contributed by atoms with Crippen LogP contribution in [0.4, 0.5) is 0 Å². The second-order valence-electron chi connectivity index (χ2n) is 4.00. The van der Waals surface area contributed by atoms with Crippen molar-refractivity contribution in [3.8, 4) is 0 Å². The number of aromatic nitrogens is 2. The fourth-order valence-corrected chi connectivity index (χ4v) is 3.59. The Labute approximate surface area is 119 Å². The molecule has 4 nitrogen and oxygen atoms in total. The average Bonchev–Trinajstić information content (AvgIpc) is 3.15. The molecular formula is C13H13N3OS2. The Morgan fingerprint density at radius 2 is 1.89 bits per heavy atom. The van der Waals surface area contributed by atoms with Gasteiger partial charge in [0.25, 0.3) is 0 Å². The van der Waals surface area contributed by atoms with Crippen molar-refractivity contribution in [3.05, 3.63) is 57.0 Å². The molecule has 3 aromatic rings. The molecule has 6 heteroatoms. The standard InChI is InChI=1S/C13H13N3OS2/c1-3-10(18-7-1)13(11-4-2-8-19-11)14-6-5-12-15-9-16-17-12/h1-4,7-9,13-14H,5-6H2. The molecule has 0 spiro atoms. The number of nitrogens with one attached hydrogen (secondary N) is 1. The Bertz CT molecular complexity index is 541. The summed E-state index contributed by atoms with van der Waals surface area (Å²) < 4.78 is 5.00. The van der Waals surface area contributed by atoms with Crippen LogP contribution in [0.25, 0.3) is 0 Å². The quantitative estimate of drug-likeness (QED) is 0.758. The Hall–Kier alpha value is -1.50. The van der Waals surface area contributed by atoms with Gasteiger partial charge in [0.05, 0.1) is 6.04 Å². The molecule has 0 atom stereocenters. The molecule has 0 aliphatic rings. The highest BCUT2D eigenvalue weighted by Gasteiger charge is 2.15. The lowest BCUT2D eigenvalue weighted by atomic mass is 10.2. The van der Waals surface area contributed by atoms with E-state index in [1.165, 1.54) is 16.1 Å². The lowest BCUT2D eigenvalue weighted by Gasteiger charge is -2.15. The van der Waals surface area contributed by atoms with Crippen molar-refractivity contribution < 1.29 is 4.52 Å². The monoisotopic (exact) mass is 291 g/mol.